The molecule has 12 heavy (non-hydrogen) atoms. The van der Waals surface area contributed by atoms with Gasteiger partial charge in [-0.25, -0.2) is 0 Å². The molecule has 1 aliphatic rings. The first-order chi connectivity index (χ1) is 5.65. The molecule has 1 atom stereocenters. The van der Waals surface area contributed by atoms with Gasteiger partial charge in [0.1, 0.15) is 0 Å². The van der Waals surface area contributed by atoms with Gasteiger partial charge in [0.05, 0.1) is 5.70 Å². The van der Waals surface area contributed by atoms with Crippen molar-refractivity contribution in [3.8, 4) is 0 Å². The van der Waals surface area contributed by atoms with Crippen molar-refractivity contribution in [3.05, 3.63) is 23.4 Å². The van der Waals surface area contributed by atoms with Gasteiger partial charge in [0, 0.05) is 6.04 Å². The molecular weight excluding hydrogens is 148 g/mol. The van der Waals surface area contributed by atoms with Crippen molar-refractivity contribution >= 4 is 6.72 Å². The molecule has 66 valence electrons. The standard InChI is InChI=1S/C10H16N2/c1-7(2)9-6-8(12-3)4-5-10(9)11/h4,6-7,10H,3,5,11H2,1-2H3. The van der Waals surface area contributed by atoms with Gasteiger partial charge in [0.25, 0.3) is 0 Å². The van der Waals surface area contributed by atoms with Crippen LogP contribution in [0.15, 0.2) is 28.4 Å². The van der Waals surface area contributed by atoms with Crippen LogP contribution in [0.2, 0.25) is 0 Å². The minimum atomic E-state index is 0.176. The maximum atomic E-state index is 5.92. The van der Waals surface area contributed by atoms with Crippen molar-refractivity contribution in [3.63, 3.8) is 0 Å². The van der Waals surface area contributed by atoms with Crippen LogP contribution in [0.25, 0.3) is 0 Å². The molecule has 0 amide bonds. The molecule has 0 bridgehead atoms. The second-order valence-corrected chi connectivity index (χ2v) is 3.43. The minimum absolute atomic E-state index is 0.176. The van der Waals surface area contributed by atoms with Crippen molar-refractivity contribution in [1.29, 1.82) is 0 Å². The van der Waals surface area contributed by atoms with Gasteiger partial charge in [-0.2, -0.15) is 0 Å². The molecule has 0 aromatic heterocycles. The number of aliphatic imine (C=N–C) groups is 1. The van der Waals surface area contributed by atoms with E-state index >= 15 is 0 Å². The molecule has 0 aromatic carbocycles. The Bertz CT molecular complexity index is 236. The average Bonchev–Trinajstić information content (AvgIpc) is 2.05. The third-order valence-electron chi connectivity index (χ3n) is 2.17. The van der Waals surface area contributed by atoms with Crippen molar-refractivity contribution in [2.45, 2.75) is 26.3 Å². The largest absolute Gasteiger partial charge is 0.324 e. The summed E-state index contributed by atoms with van der Waals surface area (Å²) in [5, 5.41) is 0. The molecule has 0 heterocycles. The predicted octanol–water partition coefficient (Wildman–Crippen LogP) is 1.88. The quantitative estimate of drug-likeness (QED) is 0.622. The van der Waals surface area contributed by atoms with Crippen molar-refractivity contribution in [2.75, 3.05) is 0 Å². The van der Waals surface area contributed by atoms with E-state index in [1.54, 1.807) is 0 Å². The number of allylic oxidation sites excluding steroid dienone is 1. The van der Waals surface area contributed by atoms with Crippen molar-refractivity contribution < 1.29 is 0 Å². The third-order valence-corrected chi connectivity index (χ3v) is 2.17. The molecule has 2 heteroatoms. The summed E-state index contributed by atoms with van der Waals surface area (Å²) in [5.41, 5.74) is 8.16. The van der Waals surface area contributed by atoms with Crippen LogP contribution in [-0.4, -0.2) is 12.8 Å². The zero-order valence-electron chi connectivity index (χ0n) is 7.75. The molecule has 0 aliphatic heterocycles. The maximum absolute atomic E-state index is 5.92. The summed E-state index contributed by atoms with van der Waals surface area (Å²) in [4.78, 5) is 3.89. The third kappa shape index (κ3) is 1.83. The first-order valence-electron chi connectivity index (χ1n) is 4.29. The number of hydrogen-bond donors (Lipinski definition) is 1. The summed E-state index contributed by atoms with van der Waals surface area (Å²) in [6.45, 7) is 7.80. The first kappa shape index (κ1) is 9.20. The van der Waals surface area contributed by atoms with Gasteiger partial charge in [-0.1, -0.05) is 19.9 Å². The van der Waals surface area contributed by atoms with Crippen LogP contribution in [0.3, 0.4) is 0 Å². The smallest absolute Gasteiger partial charge is 0.0583 e. The zero-order valence-corrected chi connectivity index (χ0v) is 7.75. The Kier molecular flexibility index (Phi) is 2.82. The molecule has 0 aromatic rings. The average molecular weight is 164 g/mol. The SMILES string of the molecule is C=NC1=CCC(N)C(C(C)C)=C1. The Morgan fingerprint density at radius 3 is 2.83 bits per heavy atom. The van der Waals surface area contributed by atoms with Gasteiger partial charge in [0.2, 0.25) is 0 Å². The Hall–Kier alpha value is -0.890. The van der Waals surface area contributed by atoms with E-state index in [0.717, 1.165) is 12.1 Å². The molecule has 1 unspecified atom stereocenters. The van der Waals surface area contributed by atoms with Crippen LogP contribution in [0, 0.1) is 5.92 Å². The predicted molar refractivity (Wildman–Crippen MR) is 53.1 cm³/mol. The van der Waals surface area contributed by atoms with E-state index in [0.29, 0.717) is 5.92 Å². The fourth-order valence-electron chi connectivity index (χ4n) is 1.43. The molecule has 0 fully saturated rings. The second-order valence-electron chi connectivity index (χ2n) is 3.43. The molecule has 0 saturated carbocycles. The molecule has 0 spiro atoms. The Morgan fingerprint density at radius 1 is 1.67 bits per heavy atom. The topological polar surface area (TPSA) is 38.4 Å². The molecule has 0 radical (unpaired) electrons. The lowest BCUT2D eigenvalue weighted by atomic mass is 9.90. The van der Waals surface area contributed by atoms with E-state index in [2.05, 4.69) is 25.6 Å². The van der Waals surface area contributed by atoms with Crippen LogP contribution in [0.1, 0.15) is 20.3 Å². The summed E-state index contributed by atoms with van der Waals surface area (Å²) in [6.07, 6.45) is 4.97. The highest BCUT2D eigenvalue weighted by atomic mass is 14.7. The number of nitrogens with zero attached hydrogens (tertiary/aromatic N) is 1. The van der Waals surface area contributed by atoms with Gasteiger partial charge < -0.3 is 5.73 Å². The molecule has 2 N–H and O–H groups in total. The number of rotatable bonds is 2. The van der Waals surface area contributed by atoms with E-state index in [1.165, 1.54) is 5.57 Å². The van der Waals surface area contributed by atoms with Gasteiger partial charge in [-0.15, -0.1) is 0 Å². The maximum Gasteiger partial charge on any atom is 0.0583 e. The zero-order chi connectivity index (χ0) is 9.14. The van der Waals surface area contributed by atoms with E-state index in [9.17, 15) is 0 Å². The molecule has 1 aliphatic carbocycles. The fraction of sp³-hybridized carbons (Fsp3) is 0.500. The van der Waals surface area contributed by atoms with Gasteiger partial charge in [-0.3, -0.25) is 4.99 Å². The van der Waals surface area contributed by atoms with E-state index in [1.807, 2.05) is 12.2 Å². The molecule has 1 rings (SSSR count). The molecule has 2 nitrogen and oxygen atoms in total. The Morgan fingerprint density at radius 2 is 2.33 bits per heavy atom. The summed E-state index contributed by atoms with van der Waals surface area (Å²) < 4.78 is 0. The fourth-order valence-corrected chi connectivity index (χ4v) is 1.43. The van der Waals surface area contributed by atoms with Crippen LogP contribution in [-0.2, 0) is 0 Å². The highest BCUT2D eigenvalue weighted by Gasteiger charge is 2.15. The first-order valence-corrected chi connectivity index (χ1v) is 4.29. The molecule has 0 saturated heterocycles. The molecular formula is C10H16N2. The number of nitrogens with two attached hydrogens (primary N) is 1. The minimum Gasteiger partial charge on any atom is -0.324 e. The van der Waals surface area contributed by atoms with Crippen LogP contribution >= 0.6 is 0 Å². The Labute approximate surface area is 73.9 Å². The summed E-state index contributed by atoms with van der Waals surface area (Å²) >= 11 is 0. The van der Waals surface area contributed by atoms with E-state index < -0.39 is 0 Å². The lowest BCUT2D eigenvalue weighted by Crippen LogP contribution is -2.26. The summed E-state index contributed by atoms with van der Waals surface area (Å²) in [6, 6.07) is 0.176. The van der Waals surface area contributed by atoms with Crippen molar-refractivity contribution in [2.24, 2.45) is 16.6 Å². The normalized spacial score (nSPS) is 23.5. The van der Waals surface area contributed by atoms with Crippen molar-refractivity contribution in [1.82, 2.24) is 0 Å². The van der Waals surface area contributed by atoms with Crippen LogP contribution < -0.4 is 5.73 Å². The van der Waals surface area contributed by atoms with Gasteiger partial charge >= 0.3 is 0 Å². The van der Waals surface area contributed by atoms with Crippen LogP contribution in [0.5, 0.6) is 0 Å². The monoisotopic (exact) mass is 164 g/mol. The summed E-state index contributed by atoms with van der Waals surface area (Å²) in [7, 11) is 0. The Balaban J connectivity index is 2.87. The van der Waals surface area contributed by atoms with Gasteiger partial charge in [0.15, 0.2) is 0 Å². The highest BCUT2D eigenvalue weighted by Crippen LogP contribution is 2.22. The second kappa shape index (κ2) is 3.68. The number of hydrogen-bond acceptors (Lipinski definition) is 2. The van der Waals surface area contributed by atoms with Crippen LogP contribution in [0.4, 0.5) is 0 Å². The van der Waals surface area contributed by atoms with E-state index in [-0.39, 0.29) is 6.04 Å². The summed E-state index contributed by atoms with van der Waals surface area (Å²) in [5.74, 6) is 0.505. The lowest BCUT2D eigenvalue weighted by molar-refractivity contribution is 0.636. The van der Waals surface area contributed by atoms with Gasteiger partial charge in [-0.05, 0) is 30.7 Å². The van der Waals surface area contributed by atoms with E-state index in [4.69, 9.17) is 5.73 Å². The lowest BCUT2D eigenvalue weighted by Gasteiger charge is -2.21. The highest BCUT2D eigenvalue weighted by molar-refractivity contribution is 5.38.